The average Bonchev–Trinajstić information content (AvgIpc) is 2.83. The van der Waals surface area contributed by atoms with Crippen LogP contribution in [0, 0.1) is 23.2 Å². The van der Waals surface area contributed by atoms with Gasteiger partial charge in [0.1, 0.15) is 0 Å². The summed E-state index contributed by atoms with van der Waals surface area (Å²) >= 11 is 0. The highest BCUT2D eigenvalue weighted by Crippen LogP contribution is 2.61. The lowest BCUT2D eigenvalue weighted by Gasteiger charge is -2.48. The third-order valence-electron chi connectivity index (χ3n) is 6.00. The lowest BCUT2D eigenvalue weighted by molar-refractivity contribution is 0.0407. The molecule has 3 aliphatic carbocycles. The molecule has 0 amide bonds. The van der Waals surface area contributed by atoms with E-state index in [4.69, 9.17) is 5.73 Å². The quantitative estimate of drug-likeness (QED) is 0.798. The monoisotopic (exact) mass is 236 g/mol. The van der Waals surface area contributed by atoms with Gasteiger partial charge in [-0.15, -0.1) is 0 Å². The first-order valence-electron chi connectivity index (χ1n) is 7.52. The largest absolute Gasteiger partial charge is 0.327 e. The van der Waals surface area contributed by atoms with Gasteiger partial charge in [-0.3, -0.25) is 0 Å². The molecular formula is C15H28N2. The minimum Gasteiger partial charge on any atom is -0.327 e. The van der Waals surface area contributed by atoms with Crippen molar-refractivity contribution >= 4 is 0 Å². The van der Waals surface area contributed by atoms with Crippen LogP contribution in [-0.4, -0.2) is 31.6 Å². The number of rotatable bonds is 2. The van der Waals surface area contributed by atoms with Gasteiger partial charge in [-0.1, -0.05) is 6.42 Å². The highest BCUT2D eigenvalue weighted by Gasteiger charge is 2.57. The Morgan fingerprint density at radius 1 is 1.24 bits per heavy atom. The molecule has 2 N–H and O–H groups in total. The van der Waals surface area contributed by atoms with Crippen molar-refractivity contribution in [3.8, 4) is 0 Å². The molecule has 2 bridgehead atoms. The van der Waals surface area contributed by atoms with Crippen LogP contribution >= 0.6 is 0 Å². The molecule has 2 heteroatoms. The van der Waals surface area contributed by atoms with Crippen molar-refractivity contribution in [2.24, 2.45) is 28.9 Å². The normalized spacial score (nSPS) is 49.4. The summed E-state index contributed by atoms with van der Waals surface area (Å²) in [5, 5.41) is 0. The molecule has 3 aliphatic rings. The van der Waals surface area contributed by atoms with Crippen molar-refractivity contribution < 1.29 is 0 Å². The summed E-state index contributed by atoms with van der Waals surface area (Å²) in [5.41, 5.74) is 7.17. The molecule has 5 atom stereocenters. The van der Waals surface area contributed by atoms with E-state index in [0.717, 1.165) is 17.8 Å². The molecule has 0 radical (unpaired) electrons. The summed E-state index contributed by atoms with van der Waals surface area (Å²) in [6, 6.07) is 0.534. The number of hydrogen-bond donors (Lipinski definition) is 1. The maximum atomic E-state index is 6.61. The van der Waals surface area contributed by atoms with E-state index in [1.165, 1.54) is 51.5 Å². The van der Waals surface area contributed by atoms with Crippen LogP contribution in [0.1, 0.15) is 44.9 Å². The SMILES string of the molecule is CN(C)C[C@@H]1CCC[C@]2(C1)[C@@H]1CC[C@@H](C1)[C@H]2N. The van der Waals surface area contributed by atoms with E-state index in [0.29, 0.717) is 11.5 Å². The molecular weight excluding hydrogens is 208 g/mol. The molecule has 3 saturated carbocycles. The van der Waals surface area contributed by atoms with Gasteiger partial charge in [0.05, 0.1) is 0 Å². The van der Waals surface area contributed by atoms with Gasteiger partial charge in [0, 0.05) is 12.6 Å². The lowest BCUT2D eigenvalue weighted by Crippen LogP contribution is -2.49. The van der Waals surface area contributed by atoms with Crippen molar-refractivity contribution in [1.82, 2.24) is 4.90 Å². The lowest BCUT2D eigenvalue weighted by atomic mass is 9.59. The van der Waals surface area contributed by atoms with Crippen LogP contribution < -0.4 is 5.73 Å². The molecule has 0 aromatic rings. The van der Waals surface area contributed by atoms with Crippen LogP contribution in [0.4, 0.5) is 0 Å². The van der Waals surface area contributed by atoms with Gasteiger partial charge in [0.15, 0.2) is 0 Å². The van der Waals surface area contributed by atoms with E-state index in [9.17, 15) is 0 Å². The van der Waals surface area contributed by atoms with Crippen molar-refractivity contribution in [1.29, 1.82) is 0 Å². The molecule has 0 saturated heterocycles. The van der Waals surface area contributed by atoms with Gasteiger partial charge in [-0.05, 0) is 75.8 Å². The van der Waals surface area contributed by atoms with E-state index in [-0.39, 0.29) is 0 Å². The topological polar surface area (TPSA) is 29.3 Å². The second-order valence-electron chi connectivity index (χ2n) is 7.25. The highest BCUT2D eigenvalue weighted by molar-refractivity contribution is 5.10. The zero-order chi connectivity index (χ0) is 12.0. The summed E-state index contributed by atoms with van der Waals surface area (Å²) in [6.45, 7) is 1.27. The standard InChI is InChI=1S/C15H28N2/c1-17(2)10-11-4-3-7-15(9-11)13-6-5-12(8-13)14(15)16/h11-14H,3-10,16H2,1-2H3/t11-,12+,13-,14-,15+/m1/s1. The van der Waals surface area contributed by atoms with Gasteiger partial charge in [0.2, 0.25) is 0 Å². The molecule has 3 fully saturated rings. The first-order chi connectivity index (χ1) is 8.12. The molecule has 1 spiro atoms. The second kappa shape index (κ2) is 4.24. The Labute approximate surface area is 106 Å². The van der Waals surface area contributed by atoms with Gasteiger partial charge in [0.25, 0.3) is 0 Å². The Balaban J connectivity index is 1.74. The smallest absolute Gasteiger partial charge is 0.0127 e. The van der Waals surface area contributed by atoms with Crippen molar-refractivity contribution in [2.45, 2.75) is 51.0 Å². The van der Waals surface area contributed by atoms with Crippen LogP contribution in [0.3, 0.4) is 0 Å². The fraction of sp³-hybridized carbons (Fsp3) is 1.00. The zero-order valence-corrected chi connectivity index (χ0v) is 11.5. The number of hydrogen-bond acceptors (Lipinski definition) is 2. The Morgan fingerprint density at radius 2 is 2.06 bits per heavy atom. The number of nitrogens with two attached hydrogens (primary N) is 1. The summed E-state index contributed by atoms with van der Waals surface area (Å²) in [5.74, 6) is 2.76. The van der Waals surface area contributed by atoms with E-state index in [1.807, 2.05) is 0 Å². The van der Waals surface area contributed by atoms with Gasteiger partial charge >= 0.3 is 0 Å². The van der Waals surface area contributed by atoms with Crippen molar-refractivity contribution in [2.75, 3.05) is 20.6 Å². The van der Waals surface area contributed by atoms with Crippen molar-refractivity contribution in [3.05, 3.63) is 0 Å². The van der Waals surface area contributed by atoms with Crippen LogP contribution in [0.5, 0.6) is 0 Å². The summed E-state index contributed by atoms with van der Waals surface area (Å²) in [7, 11) is 4.42. The third-order valence-corrected chi connectivity index (χ3v) is 6.00. The molecule has 0 aliphatic heterocycles. The van der Waals surface area contributed by atoms with E-state index >= 15 is 0 Å². The minimum atomic E-state index is 0.534. The van der Waals surface area contributed by atoms with Gasteiger partial charge in [-0.2, -0.15) is 0 Å². The maximum Gasteiger partial charge on any atom is 0.0127 e. The Hall–Kier alpha value is -0.0800. The number of nitrogens with zero attached hydrogens (tertiary/aromatic N) is 1. The van der Waals surface area contributed by atoms with E-state index in [1.54, 1.807) is 0 Å². The molecule has 0 unspecified atom stereocenters. The van der Waals surface area contributed by atoms with Gasteiger partial charge < -0.3 is 10.6 Å². The van der Waals surface area contributed by atoms with Gasteiger partial charge in [-0.25, -0.2) is 0 Å². The summed E-state index contributed by atoms with van der Waals surface area (Å²) in [4.78, 5) is 2.36. The first kappa shape index (κ1) is 12.0. The van der Waals surface area contributed by atoms with E-state index < -0.39 is 0 Å². The van der Waals surface area contributed by atoms with Crippen LogP contribution in [0.25, 0.3) is 0 Å². The molecule has 17 heavy (non-hydrogen) atoms. The number of fused-ring (bicyclic) bond motifs is 3. The Bertz CT molecular complexity index is 285. The minimum absolute atomic E-state index is 0.534. The Morgan fingerprint density at radius 3 is 2.71 bits per heavy atom. The third kappa shape index (κ3) is 1.84. The first-order valence-corrected chi connectivity index (χ1v) is 7.52. The van der Waals surface area contributed by atoms with Crippen molar-refractivity contribution in [3.63, 3.8) is 0 Å². The predicted molar refractivity (Wildman–Crippen MR) is 71.8 cm³/mol. The molecule has 2 nitrogen and oxygen atoms in total. The van der Waals surface area contributed by atoms with E-state index in [2.05, 4.69) is 19.0 Å². The highest BCUT2D eigenvalue weighted by atomic mass is 15.1. The zero-order valence-electron chi connectivity index (χ0n) is 11.5. The van der Waals surface area contributed by atoms with Crippen LogP contribution in [0.15, 0.2) is 0 Å². The fourth-order valence-electron chi connectivity index (χ4n) is 5.41. The maximum absolute atomic E-state index is 6.61. The summed E-state index contributed by atoms with van der Waals surface area (Å²) < 4.78 is 0. The van der Waals surface area contributed by atoms with Crippen LogP contribution in [0.2, 0.25) is 0 Å². The predicted octanol–water partition coefficient (Wildman–Crippen LogP) is 2.48. The average molecular weight is 236 g/mol. The summed E-state index contributed by atoms with van der Waals surface area (Å²) in [6.07, 6.45) is 10.1. The molecule has 0 aromatic carbocycles. The molecule has 0 aromatic heterocycles. The fourth-order valence-corrected chi connectivity index (χ4v) is 5.41. The second-order valence-corrected chi connectivity index (χ2v) is 7.25. The molecule has 98 valence electrons. The van der Waals surface area contributed by atoms with Crippen LogP contribution in [-0.2, 0) is 0 Å². The molecule has 3 rings (SSSR count). The molecule has 0 heterocycles. The Kier molecular flexibility index (Phi) is 2.99.